The molecule has 1 aromatic carbocycles. The standard InChI is InChI=1S/C43H68N10O12S/c1-32-38(66-31-47-32)34-8-6-33(7-9-34)25-46-40(56)36-24-35(54)26-53(36)41(57)39(42(2,3)4)50-37(55)27-62-20-23-65-30-43(5,28-63-21-18-60-16-14-58-12-10-48-51-44)29-64-22-19-61-17-15-59-13-11-49-52-45/h6-9,31,35-36,39,54H,10-30H2,1-5H3,(H,46,56)(H,50,55)/t35-,36+,39-/m1/s1. The summed E-state index contributed by atoms with van der Waals surface area (Å²) in [7, 11) is 0. The van der Waals surface area contributed by atoms with Crippen molar-refractivity contribution in [1.29, 1.82) is 0 Å². The van der Waals surface area contributed by atoms with E-state index in [-0.39, 0.29) is 59.0 Å². The molecule has 3 N–H and O–H groups in total. The first kappa shape index (κ1) is 55.8. The summed E-state index contributed by atoms with van der Waals surface area (Å²) in [5.74, 6) is -1.38. The minimum atomic E-state index is -1.00. The van der Waals surface area contributed by atoms with Crippen LogP contribution in [-0.4, -0.2) is 176 Å². The van der Waals surface area contributed by atoms with E-state index in [0.29, 0.717) is 79.3 Å². The Balaban J connectivity index is 1.43. The van der Waals surface area contributed by atoms with Crippen LogP contribution >= 0.6 is 11.3 Å². The molecule has 66 heavy (non-hydrogen) atoms. The molecule has 1 saturated heterocycles. The van der Waals surface area contributed by atoms with Gasteiger partial charge in [0.15, 0.2) is 0 Å². The lowest BCUT2D eigenvalue weighted by molar-refractivity contribution is -0.144. The van der Waals surface area contributed by atoms with Gasteiger partial charge in [0.2, 0.25) is 17.7 Å². The van der Waals surface area contributed by atoms with Crippen molar-refractivity contribution >= 4 is 29.1 Å². The Morgan fingerprint density at radius 2 is 1.30 bits per heavy atom. The van der Waals surface area contributed by atoms with Crippen molar-refractivity contribution in [2.45, 2.75) is 65.8 Å². The number of carbonyl (C=O) groups excluding carboxylic acids is 3. The van der Waals surface area contributed by atoms with E-state index in [2.05, 4.69) is 35.7 Å². The molecule has 368 valence electrons. The number of hydrogen-bond acceptors (Lipinski definition) is 16. The third-order valence-electron chi connectivity index (χ3n) is 9.95. The molecule has 0 aliphatic carbocycles. The third kappa shape index (κ3) is 21.9. The predicted molar refractivity (Wildman–Crippen MR) is 244 cm³/mol. The maximum absolute atomic E-state index is 14.0. The van der Waals surface area contributed by atoms with Crippen LogP contribution in [0.5, 0.6) is 0 Å². The number of benzene rings is 1. The molecule has 3 atom stereocenters. The van der Waals surface area contributed by atoms with Crippen LogP contribution in [0.15, 0.2) is 40.0 Å². The van der Waals surface area contributed by atoms with E-state index in [1.807, 2.05) is 58.9 Å². The van der Waals surface area contributed by atoms with Gasteiger partial charge in [0.1, 0.15) is 18.7 Å². The summed E-state index contributed by atoms with van der Waals surface area (Å²) in [6.07, 6.45) is -0.819. The van der Waals surface area contributed by atoms with Gasteiger partial charge in [0, 0.05) is 47.8 Å². The number of aliphatic hydroxyl groups excluding tert-OH is 1. The number of rotatable bonds is 35. The van der Waals surface area contributed by atoms with Crippen molar-refractivity contribution in [3.8, 4) is 10.4 Å². The molecule has 3 rings (SSSR count). The van der Waals surface area contributed by atoms with E-state index in [0.717, 1.165) is 21.7 Å². The van der Waals surface area contributed by atoms with Gasteiger partial charge in [-0.3, -0.25) is 14.4 Å². The molecular weight excluding hydrogens is 881 g/mol. The minimum absolute atomic E-state index is 0.0397. The lowest BCUT2D eigenvalue weighted by Crippen LogP contribution is -2.58. The van der Waals surface area contributed by atoms with Crippen LogP contribution in [-0.2, 0) is 58.8 Å². The van der Waals surface area contributed by atoms with E-state index < -0.39 is 46.7 Å². The van der Waals surface area contributed by atoms with Gasteiger partial charge in [-0.25, -0.2) is 4.98 Å². The summed E-state index contributed by atoms with van der Waals surface area (Å²) in [5, 5.41) is 23.1. The minimum Gasteiger partial charge on any atom is -0.391 e. The normalized spacial score (nSPS) is 16.2. The van der Waals surface area contributed by atoms with E-state index >= 15 is 0 Å². The zero-order valence-electron chi connectivity index (χ0n) is 38.9. The average molecular weight is 949 g/mol. The third-order valence-corrected chi connectivity index (χ3v) is 10.9. The van der Waals surface area contributed by atoms with Gasteiger partial charge in [0.05, 0.1) is 121 Å². The highest BCUT2D eigenvalue weighted by atomic mass is 32.1. The Labute approximate surface area is 390 Å². The van der Waals surface area contributed by atoms with Crippen LogP contribution in [0.25, 0.3) is 31.3 Å². The van der Waals surface area contributed by atoms with Crippen LogP contribution < -0.4 is 10.6 Å². The number of aliphatic hydroxyl groups is 1. The number of azide groups is 2. The van der Waals surface area contributed by atoms with Gasteiger partial charge in [-0.15, -0.1) is 11.3 Å². The van der Waals surface area contributed by atoms with Crippen LogP contribution in [0, 0.1) is 17.8 Å². The molecule has 2 aromatic rings. The van der Waals surface area contributed by atoms with E-state index in [1.54, 1.807) is 16.8 Å². The van der Waals surface area contributed by atoms with Gasteiger partial charge < -0.3 is 58.5 Å². The molecule has 0 unspecified atom stereocenters. The molecule has 3 amide bonds. The fraction of sp³-hybridized carbons (Fsp3) is 0.721. The molecule has 0 bridgehead atoms. The Hall–Kier alpha value is -4.48. The lowest BCUT2D eigenvalue weighted by Gasteiger charge is -2.35. The Morgan fingerprint density at radius 1 is 0.803 bits per heavy atom. The summed E-state index contributed by atoms with van der Waals surface area (Å²) in [6, 6.07) is 5.91. The monoisotopic (exact) mass is 948 g/mol. The highest BCUT2D eigenvalue weighted by molar-refractivity contribution is 7.13. The second-order valence-electron chi connectivity index (χ2n) is 16.8. The summed E-state index contributed by atoms with van der Waals surface area (Å²) < 4.78 is 45.1. The zero-order valence-corrected chi connectivity index (χ0v) is 39.7. The van der Waals surface area contributed by atoms with Crippen molar-refractivity contribution in [2.24, 2.45) is 21.1 Å². The summed E-state index contributed by atoms with van der Waals surface area (Å²) in [5.41, 5.74) is 20.0. The van der Waals surface area contributed by atoms with Crippen LogP contribution in [0.2, 0.25) is 0 Å². The van der Waals surface area contributed by atoms with Crippen molar-refractivity contribution in [2.75, 3.05) is 125 Å². The predicted octanol–water partition coefficient (Wildman–Crippen LogP) is 3.99. The van der Waals surface area contributed by atoms with Crippen molar-refractivity contribution in [3.63, 3.8) is 0 Å². The number of aromatic nitrogens is 1. The molecule has 0 radical (unpaired) electrons. The van der Waals surface area contributed by atoms with Crippen LogP contribution in [0.4, 0.5) is 0 Å². The van der Waals surface area contributed by atoms with Crippen LogP contribution in [0.1, 0.15) is 45.4 Å². The molecule has 1 fully saturated rings. The fourth-order valence-electron chi connectivity index (χ4n) is 6.53. The number of β-amino-alcohol motifs (C(OH)–C–C–N with tert-alkyl or cyclic N) is 1. The van der Waals surface area contributed by atoms with Gasteiger partial charge in [-0.05, 0) is 34.5 Å². The smallest absolute Gasteiger partial charge is 0.246 e. The van der Waals surface area contributed by atoms with Gasteiger partial charge in [-0.2, -0.15) is 0 Å². The van der Waals surface area contributed by atoms with Gasteiger partial charge in [0.25, 0.3) is 0 Å². The number of ether oxygens (including phenoxy) is 8. The molecule has 1 aliphatic heterocycles. The van der Waals surface area contributed by atoms with E-state index in [1.165, 1.54) is 4.90 Å². The largest absolute Gasteiger partial charge is 0.391 e. The number of thiazole rings is 1. The Bertz CT molecular complexity index is 1780. The maximum Gasteiger partial charge on any atom is 0.246 e. The molecule has 0 spiro atoms. The number of nitrogens with zero attached hydrogens (tertiary/aromatic N) is 8. The Morgan fingerprint density at radius 3 is 1.79 bits per heavy atom. The highest BCUT2D eigenvalue weighted by Gasteiger charge is 2.44. The second-order valence-corrected chi connectivity index (χ2v) is 17.7. The second kappa shape index (κ2) is 31.5. The molecule has 1 aromatic heterocycles. The number of likely N-dealkylation sites (tertiary alicyclic amines) is 1. The number of amides is 3. The highest BCUT2D eigenvalue weighted by Crippen LogP contribution is 2.28. The quantitative estimate of drug-likeness (QED) is 0.0382. The first-order chi connectivity index (χ1) is 31.8. The average Bonchev–Trinajstić information content (AvgIpc) is 3.91. The first-order valence-electron chi connectivity index (χ1n) is 22.0. The van der Waals surface area contributed by atoms with Crippen molar-refractivity contribution in [3.05, 3.63) is 61.9 Å². The zero-order chi connectivity index (χ0) is 48.0. The molecule has 1 aliphatic rings. The van der Waals surface area contributed by atoms with Gasteiger partial charge >= 0.3 is 0 Å². The summed E-state index contributed by atoms with van der Waals surface area (Å²) in [6.45, 7) is 14.2. The summed E-state index contributed by atoms with van der Waals surface area (Å²) in [4.78, 5) is 52.7. The Kier molecular flexibility index (Phi) is 26.6. The first-order valence-corrected chi connectivity index (χ1v) is 22.8. The van der Waals surface area contributed by atoms with Gasteiger partial charge in [-0.1, -0.05) is 62.2 Å². The maximum atomic E-state index is 14.0. The molecular formula is C43H68N10O12S. The number of hydrogen-bond donors (Lipinski definition) is 3. The summed E-state index contributed by atoms with van der Waals surface area (Å²) >= 11 is 1.56. The van der Waals surface area contributed by atoms with Crippen LogP contribution in [0.3, 0.4) is 0 Å². The number of aryl methyl sites for hydroxylation is 1. The van der Waals surface area contributed by atoms with E-state index in [9.17, 15) is 19.5 Å². The topological polar surface area (TPSA) is 283 Å². The molecule has 2 heterocycles. The molecule has 22 nitrogen and oxygen atoms in total. The number of carbonyl (C=O) groups is 3. The van der Waals surface area contributed by atoms with Crippen molar-refractivity contribution < 1.29 is 57.4 Å². The fourth-order valence-corrected chi connectivity index (χ4v) is 7.34. The molecule has 23 heteroatoms. The number of nitrogens with one attached hydrogen (secondary N) is 2. The SMILES string of the molecule is Cc1ncsc1-c1ccc(CNC(=O)[C@@H]2C[C@@H](O)CN2C(=O)[C@@H](NC(=O)COCCOCC(C)(COCCOCCOCCN=[N+]=[N-])COCCOCCOCCN=[N+]=[N-])C(C)(C)C)cc1. The molecule has 0 saturated carbocycles. The lowest BCUT2D eigenvalue weighted by atomic mass is 9.85. The van der Waals surface area contributed by atoms with E-state index in [4.69, 9.17) is 49.0 Å². The van der Waals surface area contributed by atoms with Crippen molar-refractivity contribution in [1.82, 2.24) is 20.5 Å².